The predicted molar refractivity (Wildman–Crippen MR) is 95.4 cm³/mol. The smallest absolute Gasteiger partial charge is 0.122 e. The molecule has 1 unspecified atom stereocenters. The van der Waals surface area contributed by atoms with Crippen LogP contribution in [0.3, 0.4) is 0 Å². The van der Waals surface area contributed by atoms with E-state index in [2.05, 4.69) is 32.0 Å². The van der Waals surface area contributed by atoms with Crippen LogP contribution >= 0.6 is 0 Å². The van der Waals surface area contributed by atoms with Crippen molar-refractivity contribution in [2.45, 2.75) is 32.1 Å². The molecular weight excluding hydrogens is 286 g/mol. The highest BCUT2D eigenvalue weighted by atomic mass is 16.5. The fourth-order valence-corrected chi connectivity index (χ4v) is 2.69. The standard InChI is InChI=1S/C20H27NO2/c1-15(2)16-7-6-8-18(13-16)23-12-11-17(14-21)19-9-4-5-10-20(19)22-3/h4-10,13,15,17H,11-12,14,21H2,1-3H3. The third kappa shape index (κ3) is 4.73. The Morgan fingerprint density at radius 1 is 1.04 bits per heavy atom. The Balaban J connectivity index is 1.97. The predicted octanol–water partition coefficient (Wildman–Crippen LogP) is 4.33. The van der Waals surface area contributed by atoms with Gasteiger partial charge >= 0.3 is 0 Å². The molecular formula is C20H27NO2. The Bertz CT molecular complexity index is 610. The van der Waals surface area contributed by atoms with Gasteiger partial charge in [0.05, 0.1) is 13.7 Å². The van der Waals surface area contributed by atoms with Gasteiger partial charge in [0.1, 0.15) is 11.5 Å². The van der Waals surface area contributed by atoms with Crippen LogP contribution in [0.4, 0.5) is 0 Å². The third-order valence-electron chi connectivity index (χ3n) is 4.12. The van der Waals surface area contributed by atoms with Gasteiger partial charge in [-0.25, -0.2) is 0 Å². The van der Waals surface area contributed by atoms with Crippen molar-refractivity contribution in [3.8, 4) is 11.5 Å². The Labute approximate surface area is 139 Å². The molecule has 2 aromatic rings. The SMILES string of the molecule is COc1ccccc1C(CN)CCOc1cccc(C(C)C)c1. The molecule has 0 aliphatic heterocycles. The van der Waals surface area contributed by atoms with E-state index >= 15 is 0 Å². The highest BCUT2D eigenvalue weighted by Crippen LogP contribution is 2.28. The molecule has 0 saturated carbocycles. The maximum absolute atomic E-state index is 5.96. The summed E-state index contributed by atoms with van der Waals surface area (Å²) in [7, 11) is 1.69. The Kier molecular flexibility index (Phi) is 6.48. The van der Waals surface area contributed by atoms with E-state index in [-0.39, 0.29) is 5.92 Å². The van der Waals surface area contributed by atoms with Gasteiger partial charge in [-0.2, -0.15) is 0 Å². The topological polar surface area (TPSA) is 44.5 Å². The lowest BCUT2D eigenvalue weighted by Gasteiger charge is -2.18. The monoisotopic (exact) mass is 313 g/mol. The van der Waals surface area contributed by atoms with E-state index in [1.807, 2.05) is 30.3 Å². The molecule has 3 nitrogen and oxygen atoms in total. The largest absolute Gasteiger partial charge is 0.496 e. The summed E-state index contributed by atoms with van der Waals surface area (Å²) in [5.74, 6) is 2.56. The first-order valence-electron chi connectivity index (χ1n) is 8.21. The number of nitrogens with two attached hydrogens (primary N) is 1. The molecule has 0 amide bonds. The molecule has 1 atom stereocenters. The van der Waals surface area contributed by atoms with Crippen molar-refractivity contribution in [1.29, 1.82) is 0 Å². The van der Waals surface area contributed by atoms with Gasteiger partial charge in [-0.05, 0) is 48.2 Å². The second-order valence-electron chi connectivity index (χ2n) is 6.04. The molecule has 0 heterocycles. The molecule has 0 aromatic heterocycles. The lowest BCUT2D eigenvalue weighted by Crippen LogP contribution is -2.16. The molecule has 2 aromatic carbocycles. The molecule has 0 saturated heterocycles. The van der Waals surface area contributed by atoms with E-state index in [4.69, 9.17) is 15.2 Å². The fraction of sp³-hybridized carbons (Fsp3) is 0.400. The molecule has 0 aliphatic carbocycles. The normalized spacial score (nSPS) is 12.2. The quantitative estimate of drug-likeness (QED) is 0.789. The molecule has 0 fully saturated rings. The maximum Gasteiger partial charge on any atom is 0.122 e. The summed E-state index contributed by atoms with van der Waals surface area (Å²) in [6.45, 7) is 5.59. The number of methoxy groups -OCH3 is 1. The van der Waals surface area contributed by atoms with Crippen molar-refractivity contribution >= 4 is 0 Å². The van der Waals surface area contributed by atoms with Gasteiger partial charge in [0.25, 0.3) is 0 Å². The Morgan fingerprint density at radius 2 is 1.83 bits per heavy atom. The summed E-state index contributed by atoms with van der Waals surface area (Å²) >= 11 is 0. The van der Waals surface area contributed by atoms with Gasteiger partial charge in [-0.3, -0.25) is 0 Å². The average molecular weight is 313 g/mol. The number of benzene rings is 2. The molecule has 0 bridgehead atoms. The summed E-state index contributed by atoms with van der Waals surface area (Å²) in [6, 6.07) is 16.4. The summed E-state index contributed by atoms with van der Waals surface area (Å²) < 4.78 is 11.4. The zero-order valence-corrected chi connectivity index (χ0v) is 14.3. The van der Waals surface area contributed by atoms with Crippen molar-refractivity contribution in [3.63, 3.8) is 0 Å². The number of hydrogen-bond acceptors (Lipinski definition) is 3. The van der Waals surface area contributed by atoms with Crippen LogP contribution in [0.5, 0.6) is 11.5 Å². The molecule has 0 aliphatic rings. The van der Waals surface area contributed by atoms with Crippen LogP contribution in [-0.2, 0) is 0 Å². The van der Waals surface area contributed by atoms with E-state index in [1.54, 1.807) is 7.11 Å². The summed E-state index contributed by atoms with van der Waals surface area (Å²) in [6.07, 6.45) is 0.864. The molecule has 0 radical (unpaired) electrons. The van der Waals surface area contributed by atoms with E-state index < -0.39 is 0 Å². The van der Waals surface area contributed by atoms with E-state index in [0.29, 0.717) is 19.1 Å². The van der Waals surface area contributed by atoms with Gasteiger partial charge in [0.2, 0.25) is 0 Å². The van der Waals surface area contributed by atoms with Crippen LogP contribution in [0, 0.1) is 0 Å². The first-order chi connectivity index (χ1) is 11.2. The van der Waals surface area contributed by atoms with Gasteiger partial charge in [-0.1, -0.05) is 44.2 Å². The second-order valence-corrected chi connectivity index (χ2v) is 6.04. The number of rotatable bonds is 8. The second kappa shape index (κ2) is 8.59. The number of para-hydroxylation sites is 1. The summed E-state index contributed by atoms with van der Waals surface area (Å²) in [5, 5.41) is 0. The van der Waals surface area contributed by atoms with E-state index in [1.165, 1.54) is 5.56 Å². The van der Waals surface area contributed by atoms with E-state index in [0.717, 1.165) is 23.5 Å². The minimum atomic E-state index is 0.236. The van der Waals surface area contributed by atoms with Gasteiger partial charge in [0.15, 0.2) is 0 Å². The van der Waals surface area contributed by atoms with Crippen LogP contribution in [-0.4, -0.2) is 20.3 Å². The first kappa shape index (κ1) is 17.4. The first-order valence-corrected chi connectivity index (χ1v) is 8.21. The summed E-state index contributed by atoms with van der Waals surface area (Å²) in [5.41, 5.74) is 8.40. The third-order valence-corrected chi connectivity index (χ3v) is 4.12. The van der Waals surface area contributed by atoms with Crippen LogP contribution < -0.4 is 15.2 Å². The average Bonchev–Trinajstić information content (AvgIpc) is 2.59. The minimum Gasteiger partial charge on any atom is -0.496 e. The molecule has 0 spiro atoms. The van der Waals surface area contributed by atoms with Gasteiger partial charge in [0, 0.05) is 5.92 Å². The zero-order valence-electron chi connectivity index (χ0n) is 14.3. The fourth-order valence-electron chi connectivity index (χ4n) is 2.69. The molecule has 3 heteroatoms. The van der Waals surface area contributed by atoms with Gasteiger partial charge in [-0.15, -0.1) is 0 Å². The zero-order chi connectivity index (χ0) is 16.7. The summed E-state index contributed by atoms with van der Waals surface area (Å²) in [4.78, 5) is 0. The Hall–Kier alpha value is -2.00. The lowest BCUT2D eigenvalue weighted by molar-refractivity contribution is 0.296. The van der Waals surface area contributed by atoms with Crippen molar-refractivity contribution in [2.75, 3.05) is 20.3 Å². The van der Waals surface area contributed by atoms with Crippen molar-refractivity contribution < 1.29 is 9.47 Å². The molecule has 2 N–H and O–H groups in total. The Morgan fingerprint density at radius 3 is 2.52 bits per heavy atom. The van der Waals surface area contributed by atoms with Crippen LogP contribution in [0.1, 0.15) is 43.2 Å². The lowest BCUT2D eigenvalue weighted by atomic mass is 9.95. The van der Waals surface area contributed by atoms with Crippen LogP contribution in [0.2, 0.25) is 0 Å². The molecule has 2 rings (SSSR count). The van der Waals surface area contributed by atoms with Crippen molar-refractivity contribution in [2.24, 2.45) is 5.73 Å². The minimum absolute atomic E-state index is 0.236. The number of hydrogen-bond donors (Lipinski definition) is 1. The maximum atomic E-state index is 5.96. The highest BCUT2D eigenvalue weighted by molar-refractivity contribution is 5.36. The molecule has 124 valence electrons. The van der Waals surface area contributed by atoms with Crippen LogP contribution in [0.25, 0.3) is 0 Å². The van der Waals surface area contributed by atoms with Gasteiger partial charge < -0.3 is 15.2 Å². The van der Waals surface area contributed by atoms with E-state index in [9.17, 15) is 0 Å². The van der Waals surface area contributed by atoms with Crippen molar-refractivity contribution in [3.05, 3.63) is 59.7 Å². The van der Waals surface area contributed by atoms with Crippen molar-refractivity contribution in [1.82, 2.24) is 0 Å². The highest BCUT2D eigenvalue weighted by Gasteiger charge is 2.14. The number of ether oxygens (including phenoxy) is 2. The van der Waals surface area contributed by atoms with Crippen LogP contribution in [0.15, 0.2) is 48.5 Å². The molecule has 23 heavy (non-hydrogen) atoms.